The molecule has 0 unspecified atom stereocenters. The van der Waals surface area contributed by atoms with Crippen LogP contribution in [0.5, 0.6) is 0 Å². The van der Waals surface area contributed by atoms with Gasteiger partial charge < -0.3 is 11.1 Å². The van der Waals surface area contributed by atoms with E-state index in [1.165, 1.54) is 0 Å². The summed E-state index contributed by atoms with van der Waals surface area (Å²) in [5, 5.41) is 8.67. The summed E-state index contributed by atoms with van der Waals surface area (Å²) in [7, 11) is 0. The standard InChI is InChI=1S/C23H18N6/c24-21-19-20(16-10-4-1-5-11-16)26-23(25-17-12-6-2-7-13-17)27-22(19)28-29(21)18-14-8-3-9-15-18/h1-15H,24H2,(H,25,27,28). The number of fused-ring (bicyclic) bond motifs is 1. The Morgan fingerprint density at radius 2 is 1.34 bits per heavy atom. The Morgan fingerprint density at radius 3 is 2.03 bits per heavy atom. The monoisotopic (exact) mass is 378 g/mol. The molecule has 0 saturated carbocycles. The van der Waals surface area contributed by atoms with Gasteiger partial charge in [-0.2, -0.15) is 4.98 Å². The van der Waals surface area contributed by atoms with Crippen LogP contribution in [0.25, 0.3) is 28.0 Å². The maximum absolute atomic E-state index is 6.51. The molecule has 0 bridgehead atoms. The molecule has 0 amide bonds. The fourth-order valence-corrected chi connectivity index (χ4v) is 3.29. The Morgan fingerprint density at radius 1 is 0.724 bits per heavy atom. The third kappa shape index (κ3) is 3.17. The first kappa shape index (κ1) is 16.9. The van der Waals surface area contributed by atoms with E-state index in [4.69, 9.17) is 10.7 Å². The number of para-hydroxylation sites is 2. The molecule has 2 aromatic heterocycles. The number of nitrogens with zero attached hydrogens (tertiary/aromatic N) is 4. The van der Waals surface area contributed by atoms with Crippen molar-refractivity contribution in [2.45, 2.75) is 0 Å². The normalized spacial score (nSPS) is 10.9. The van der Waals surface area contributed by atoms with Crippen molar-refractivity contribution >= 4 is 28.5 Å². The summed E-state index contributed by atoms with van der Waals surface area (Å²) in [5.41, 5.74) is 10.5. The van der Waals surface area contributed by atoms with Crippen molar-refractivity contribution in [2.24, 2.45) is 0 Å². The minimum Gasteiger partial charge on any atom is -0.383 e. The molecular weight excluding hydrogens is 360 g/mol. The van der Waals surface area contributed by atoms with E-state index in [9.17, 15) is 0 Å². The van der Waals surface area contributed by atoms with Crippen LogP contribution in [0, 0.1) is 0 Å². The smallest absolute Gasteiger partial charge is 0.229 e. The molecule has 0 fully saturated rings. The summed E-state index contributed by atoms with van der Waals surface area (Å²) in [6.45, 7) is 0. The number of aromatic nitrogens is 4. The van der Waals surface area contributed by atoms with Gasteiger partial charge in [0, 0.05) is 11.3 Å². The highest BCUT2D eigenvalue weighted by molar-refractivity contribution is 5.99. The van der Waals surface area contributed by atoms with Crippen molar-refractivity contribution in [1.82, 2.24) is 19.7 Å². The van der Waals surface area contributed by atoms with Crippen LogP contribution in [0.3, 0.4) is 0 Å². The Kier molecular flexibility index (Phi) is 4.14. The van der Waals surface area contributed by atoms with E-state index in [2.05, 4.69) is 15.4 Å². The summed E-state index contributed by atoms with van der Waals surface area (Å²) >= 11 is 0. The second-order valence-electron chi connectivity index (χ2n) is 6.58. The summed E-state index contributed by atoms with van der Waals surface area (Å²) in [6.07, 6.45) is 0. The van der Waals surface area contributed by atoms with Gasteiger partial charge >= 0.3 is 0 Å². The lowest BCUT2D eigenvalue weighted by molar-refractivity contribution is 0.900. The molecule has 6 heteroatoms. The van der Waals surface area contributed by atoms with Crippen LogP contribution in [0.2, 0.25) is 0 Å². The van der Waals surface area contributed by atoms with Gasteiger partial charge in [0.1, 0.15) is 5.82 Å². The molecule has 0 aliphatic rings. The van der Waals surface area contributed by atoms with Crippen molar-refractivity contribution in [3.8, 4) is 16.9 Å². The van der Waals surface area contributed by atoms with Gasteiger partial charge in [-0.3, -0.25) is 0 Å². The highest BCUT2D eigenvalue weighted by Crippen LogP contribution is 2.33. The maximum atomic E-state index is 6.51. The Balaban J connectivity index is 1.73. The highest BCUT2D eigenvalue weighted by Gasteiger charge is 2.19. The first-order chi connectivity index (χ1) is 14.3. The third-order valence-electron chi connectivity index (χ3n) is 4.65. The summed E-state index contributed by atoms with van der Waals surface area (Å²) in [5.74, 6) is 0.983. The van der Waals surface area contributed by atoms with E-state index in [1.807, 2.05) is 91.0 Å². The zero-order valence-corrected chi connectivity index (χ0v) is 15.5. The van der Waals surface area contributed by atoms with Crippen molar-refractivity contribution < 1.29 is 0 Å². The Labute approximate surface area is 167 Å². The molecule has 0 radical (unpaired) electrons. The van der Waals surface area contributed by atoms with Crippen molar-refractivity contribution in [2.75, 3.05) is 11.1 Å². The fraction of sp³-hybridized carbons (Fsp3) is 0. The van der Waals surface area contributed by atoms with Gasteiger partial charge in [-0.1, -0.05) is 66.7 Å². The second-order valence-corrected chi connectivity index (χ2v) is 6.58. The van der Waals surface area contributed by atoms with Gasteiger partial charge in [-0.15, -0.1) is 5.10 Å². The topological polar surface area (TPSA) is 81.7 Å². The molecular formula is C23H18N6. The molecule has 0 aliphatic carbocycles. The molecule has 3 aromatic carbocycles. The van der Waals surface area contributed by atoms with Crippen LogP contribution in [0.15, 0.2) is 91.0 Å². The molecule has 3 N–H and O–H groups in total. The van der Waals surface area contributed by atoms with Gasteiger partial charge in [-0.05, 0) is 24.3 Å². The van der Waals surface area contributed by atoms with Crippen LogP contribution < -0.4 is 11.1 Å². The van der Waals surface area contributed by atoms with E-state index in [0.29, 0.717) is 17.4 Å². The zero-order valence-electron chi connectivity index (χ0n) is 15.5. The van der Waals surface area contributed by atoms with Crippen LogP contribution in [0.4, 0.5) is 17.5 Å². The van der Waals surface area contributed by atoms with Crippen LogP contribution in [-0.4, -0.2) is 19.7 Å². The molecule has 5 aromatic rings. The lowest BCUT2D eigenvalue weighted by atomic mass is 10.1. The predicted molar refractivity (Wildman–Crippen MR) is 116 cm³/mol. The molecule has 0 saturated heterocycles. The third-order valence-corrected chi connectivity index (χ3v) is 4.65. The molecule has 0 aliphatic heterocycles. The van der Waals surface area contributed by atoms with E-state index < -0.39 is 0 Å². The number of nitrogens with two attached hydrogens (primary N) is 1. The van der Waals surface area contributed by atoms with Gasteiger partial charge in [-0.25, -0.2) is 9.67 Å². The molecule has 140 valence electrons. The molecule has 0 atom stereocenters. The van der Waals surface area contributed by atoms with E-state index in [-0.39, 0.29) is 0 Å². The van der Waals surface area contributed by atoms with Crippen LogP contribution >= 0.6 is 0 Å². The first-order valence-electron chi connectivity index (χ1n) is 9.29. The Hall–Kier alpha value is -4.19. The van der Waals surface area contributed by atoms with Gasteiger partial charge in [0.25, 0.3) is 0 Å². The average Bonchev–Trinajstić information content (AvgIpc) is 3.11. The fourth-order valence-electron chi connectivity index (χ4n) is 3.29. The van der Waals surface area contributed by atoms with Gasteiger partial charge in [0.2, 0.25) is 5.95 Å². The lowest BCUT2D eigenvalue weighted by Crippen LogP contribution is -2.01. The number of nitrogens with one attached hydrogen (secondary N) is 1. The molecule has 0 spiro atoms. The lowest BCUT2D eigenvalue weighted by Gasteiger charge is -2.08. The maximum Gasteiger partial charge on any atom is 0.229 e. The van der Waals surface area contributed by atoms with E-state index >= 15 is 0 Å². The largest absolute Gasteiger partial charge is 0.383 e. The minimum atomic E-state index is 0.472. The first-order valence-corrected chi connectivity index (χ1v) is 9.29. The van der Waals surface area contributed by atoms with Crippen molar-refractivity contribution in [3.05, 3.63) is 91.0 Å². The number of anilines is 3. The average molecular weight is 378 g/mol. The molecule has 29 heavy (non-hydrogen) atoms. The summed E-state index contributed by atoms with van der Waals surface area (Å²) in [4.78, 5) is 9.41. The number of nitrogen functional groups attached to an aromatic ring is 1. The highest BCUT2D eigenvalue weighted by atomic mass is 15.3. The molecule has 5 rings (SSSR count). The number of benzene rings is 3. The Bertz CT molecular complexity index is 1260. The quantitative estimate of drug-likeness (QED) is 0.469. The van der Waals surface area contributed by atoms with Crippen LogP contribution in [0.1, 0.15) is 0 Å². The molecule has 6 nitrogen and oxygen atoms in total. The zero-order chi connectivity index (χ0) is 19.6. The van der Waals surface area contributed by atoms with Gasteiger partial charge in [0.15, 0.2) is 5.65 Å². The second kappa shape index (κ2) is 7.09. The van der Waals surface area contributed by atoms with Crippen LogP contribution in [-0.2, 0) is 0 Å². The minimum absolute atomic E-state index is 0.472. The SMILES string of the molecule is Nc1c2c(-c3ccccc3)nc(Nc3ccccc3)nc2nn1-c1ccccc1. The number of hydrogen-bond acceptors (Lipinski definition) is 5. The van der Waals surface area contributed by atoms with E-state index in [1.54, 1.807) is 4.68 Å². The van der Waals surface area contributed by atoms with E-state index in [0.717, 1.165) is 28.0 Å². The van der Waals surface area contributed by atoms with Crippen molar-refractivity contribution in [3.63, 3.8) is 0 Å². The predicted octanol–water partition coefficient (Wildman–Crippen LogP) is 4.81. The van der Waals surface area contributed by atoms with Crippen molar-refractivity contribution in [1.29, 1.82) is 0 Å². The summed E-state index contributed by atoms with van der Waals surface area (Å²) in [6, 6.07) is 29.5. The number of hydrogen-bond donors (Lipinski definition) is 2. The van der Waals surface area contributed by atoms with Gasteiger partial charge in [0.05, 0.1) is 16.8 Å². The molecule has 2 heterocycles. The number of rotatable bonds is 4. The summed E-state index contributed by atoms with van der Waals surface area (Å²) < 4.78 is 1.71.